The summed E-state index contributed by atoms with van der Waals surface area (Å²) in [6.07, 6.45) is -1.34. The Bertz CT molecular complexity index is 1150. The average molecular weight is 498 g/mol. The lowest BCUT2D eigenvalue weighted by atomic mass is 10.00. The fourth-order valence-electron chi connectivity index (χ4n) is 4.36. The molecule has 0 bridgehead atoms. The van der Waals surface area contributed by atoms with Crippen molar-refractivity contribution in [3.8, 4) is 11.3 Å². The van der Waals surface area contributed by atoms with Crippen LogP contribution in [0.5, 0.6) is 0 Å². The fourth-order valence-corrected chi connectivity index (χ4v) is 4.62. The molecule has 3 N–H and O–H groups in total. The molecule has 1 fully saturated rings. The van der Waals surface area contributed by atoms with Crippen molar-refractivity contribution in [2.45, 2.75) is 51.7 Å². The van der Waals surface area contributed by atoms with Crippen molar-refractivity contribution >= 4 is 34.3 Å². The Balaban J connectivity index is 1.69. The first-order valence-electron chi connectivity index (χ1n) is 11.3. The number of aryl methyl sites for hydroxylation is 1. The summed E-state index contributed by atoms with van der Waals surface area (Å²) in [4.78, 5) is 13.0. The molecule has 3 heterocycles. The molecule has 3 aromatic rings. The van der Waals surface area contributed by atoms with Gasteiger partial charge in [-0.15, -0.1) is 0 Å². The van der Waals surface area contributed by atoms with Crippen molar-refractivity contribution in [2.75, 3.05) is 23.8 Å². The lowest BCUT2D eigenvalue weighted by molar-refractivity contribution is -0.131. The monoisotopic (exact) mass is 497 g/mol. The highest BCUT2D eigenvalue weighted by Gasteiger charge is 2.32. The largest absolute Gasteiger partial charge is 0.454 e. The van der Waals surface area contributed by atoms with Gasteiger partial charge in [0, 0.05) is 30.3 Å². The first-order chi connectivity index (χ1) is 16.2. The van der Waals surface area contributed by atoms with Crippen LogP contribution in [-0.4, -0.2) is 45.4 Å². The normalized spacial score (nSPS) is 20.7. The highest BCUT2D eigenvalue weighted by molar-refractivity contribution is 6.32. The Kier molecular flexibility index (Phi) is 7.18. The fraction of sp³-hybridized carbons (Fsp3) is 0.522. The van der Waals surface area contributed by atoms with Gasteiger partial charge >= 0.3 is 6.18 Å². The number of halogens is 4. The summed E-state index contributed by atoms with van der Waals surface area (Å²) in [5, 5.41) is 16.5. The molecule has 0 amide bonds. The second-order valence-corrected chi connectivity index (χ2v) is 9.12. The average Bonchev–Trinajstić information content (AvgIpc) is 3.34. The van der Waals surface area contributed by atoms with E-state index < -0.39 is 12.6 Å². The van der Waals surface area contributed by atoms with E-state index in [-0.39, 0.29) is 36.2 Å². The van der Waals surface area contributed by atoms with Gasteiger partial charge in [-0.1, -0.05) is 25.4 Å². The number of nitrogens with one attached hydrogen (secondary N) is 2. The molecule has 0 aromatic carbocycles. The molecule has 34 heavy (non-hydrogen) atoms. The summed E-state index contributed by atoms with van der Waals surface area (Å²) in [5.74, 6) is 1.28. The van der Waals surface area contributed by atoms with E-state index in [1.165, 1.54) is 0 Å². The number of fused-ring (bicyclic) bond motifs is 1. The van der Waals surface area contributed by atoms with E-state index >= 15 is 0 Å². The zero-order chi connectivity index (χ0) is 24.5. The highest BCUT2D eigenvalue weighted by Crippen LogP contribution is 2.40. The van der Waals surface area contributed by atoms with Crippen LogP contribution in [0.25, 0.3) is 22.3 Å². The number of hydrogen-bond donors (Lipinski definition) is 3. The third-order valence-electron chi connectivity index (χ3n) is 6.25. The lowest BCUT2D eigenvalue weighted by Crippen LogP contribution is -2.20. The van der Waals surface area contributed by atoms with E-state index in [9.17, 15) is 18.3 Å². The second kappa shape index (κ2) is 9.95. The molecule has 4 rings (SSSR count). The summed E-state index contributed by atoms with van der Waals surface area (Å²) < 4.78 is 43.7. The van der Waals surface area contributed by atoms with Crippen LogP contribution >= 0.6 is 11.6 Å². The minimum Gasteiger partial charge on any atom is -0.454 e. The molecule has 184 valence electrons. The van der Waals surface area contributed by atoms with E-state index in [0.717, 1.165) is 30.3 Å². The molecule has 3 aromatic heterocycles. The Morgan fingerprint density at radius 3 is 2.71 bits per heavy atom. The highest BCUT2D eigenvalue weighted by atomic mass is 35.5. The first-order valence-corrected chi connectivity index (χ1v) is 11.7. The van der Waals surface area contributed by atoms with E-state index in [1.54, 1.807) is 6.20 Å². The number of anilines is 2. The molecule has 3 atom stereocenters. The van der Waals surface area contributed by atoms with Crippen LogP contribution in [0.2, 0.25) is 5.15 Å². The maximum Gasteiger partial charge on any atom is 0.390 e. The van der Waals surface area contributed by atoms with Crippen LogP contribution in [0.3, 0.4) is 0 Å². The van der Waals surface area contributed by atoms with Gasteiger partial charge in [-0.3, -0.25) is 4.98 Å². The van der Waals surface area contributed by atoms with Crippen molar-refractivity contribution in [3.05, 3.63) is 29.2 Å². The smallest absolute Gasteiger partial charge is 0.390 e. The zero-order valence-corrected chi connectivity index (χ0v) is 19.7. The van der Waals surface area contributed by atoms with E-state index in [4.69, 9.17) is 16.0 Å². The summed E-state index contributed by atoms with van der Waals surface area (Å²) in [7, 11) is 0. The number of aromatic nitrogens is 3. The van der Waals surface area contributed by atoms with Crippen molar-refractivity contribution < 1.29 is 22.7 Å². The van der Waals surface area contributed by atoms with Gasteiger partial charge in [0.15, 0.2) is 5.58 Å². The van der Waals surface area contributed by atoms with Crippen LogP contribution < -0.4 is 10.6 Å². The molecule has 0 unspecified atom stereocenters. The first kappa shape index (κ1) is 24.5. The molecule has 0 radical (unpaired) electrons. The second-order valence-electron chi connectivity index (χ2n) is 8.76. The van der Waals surface area contributed by atoms with Gasteiger partial charge in [0.05, 0.1) is 18.2 Å². The molecule has 1 aliphatic carbocycles. The molecule has 11 heteroatoms. The number of aliphatic hydroxyl groups is 1. The summed E-state index contributed by atoms with van der Waals surface area (Å²) in [6, 6.07) is 3.77. The van der Waals surface area contributed by atoms with Crippen LogP contribution in [-0.2, 0) is 6.42 Å². The Hall–Kier alpha value is -2.59. The third-order valence-corrected chi connectivity index (χ3v) is 6.52. The molecule has 0 spiro atoms. The van der Waals surface area contributed by atoms with Crippen molar-refractivity contribution in [2.24, 2.45) is 11.8 Å². The standard InChI is InChI=1S/C23H27ClF3N5O2/c1-3-15-7-13-9-17(34-18(13)10-29-15)19-20(24)31-22(28-5-4-23(25,26)27)32-21(19)30-16-6-12(2)14(8-16)11-33/h7,9-10,12,14,16,33H,3-6,8,11H2,1-2H3,(H2,28,30,31,32)/t12-,14+,16-/m0/s1. The Morgan fingerprint density at radius 1 is 1.24 bits per heavy atom. The maximum atomic E-state index is 12.6. The Morgan fingerprint density at radius 2 is 2.03 bits per heavy atom. The van der Waals surface area contributed by atoms with Gasteiger partial charge in [0.2, 0.25) is 5.95 Å². The van der Waals surface area contributed by atoms with Gasteiger partial charge in [-0.2, -0.15) is 18.2 Å². The minimum atomic E-state index is -4.29. The van der Waals surface area contributed by atoms with Gasteiger partial charge in [0.1, 0.15) is 16.7 Å². The predicted octanol–water partition coefficient (Wildman–Crippen LogP) is 5.68. The molecular weight excluding hydrogens is 471 g/mol. The molecule has 0 saturated heterocycles. The van der Waals surface area contributed by atoms with Gasteiger partial charge in [0.25, 0.3) is 0 Å². The van der Waals surface area contributed by atoms with Crippen molar-refractivity contribution in [1.29, 1.82) is 0 Å². The number of alkyl halides is 3. The minimum absolute atomic E-state index is 0.00343. The summed E-state index contributed by atoms with van der Waals surface area (Å²) >= 11 is 6.53. The number of pyridine rings is 1. The summed E-state index contributed by atoms with van der Waals surface area (Å²) in [6.45, 7) is 3.81. The number of furan rings is 1. The quantitative estimate of drug-likeness (QED) is 0.344. The van der Waals surface area contributed by atoms with Crippen molar-refractivity contribution in [1.82, 2.24) is 15.0 Å². The molecular formula is C23H27ClF3N5O2. The van der Waals surface area contributed by atoms with Crippen LogP contribution in [0.15, 0.2) is 22.7 Å². The van der Waals surface area contributed by atoms with E-state index in [2.05, 4.69) is 32.5 Å². The van der Waals surface area contributed by atoms with Gasteiger partial charge in [-0.05, 0) is 43.2 Å². The van der Waals surface area contributed by atoms with E-state index in [0.29, 0.717) is 28.6 Å². The maximum absolute atomic E-state index is 12.6. The summed E-state index contributed by atoms with van der Waals surface area (Å²) in [5.41, 5.74) is 1.92. The van der Waals surface area contributed by atoms with Crippen LogP contribution in [0.1, 0.15) is 38.8 Å². The zero-order valence-electron chi connectivity index (χ0n) is 18.9. The number of nitrogens with zero attached hydrogens (tertiary/aromatic N) is 3. The SMILES string of the molecule is CCc1cc2cc(-c3c(Cl)nc(NCCC(F)(F)F)nc3N[C@@H]3C[C@H](CO)[C@@H](C)C3)oc2cn1. The number of rotatable bonds is 8. The predicted molar refractivity (Wildman–Crippen MR) is 125 cm³/mol. The number of aliphatic hydroxyl groups excluding tert-OH is 1. The van der Waals surface area contributed by atoms with E-state index in [1.807, 2.05) is 19.1 Å². The molecule has 0 aliphatic heterocycles. The van der Waals surface area contributed by atoms with Gasteiger partial charge in [-0.25, -0.2) is 4.98 Å². The molecule has 1 saturated carbocycles. The van der Waals surface area contributed by atoms with Crippen LogP contribution in [0, 0.1) is 11.8 Å². The molecule has 1 aliphatic rings. The molecule has 7 nitrogen and oxygen atoms in total. The van der Waals surface area contributed by atoms with Gasteiger partial charge < -0.3 is 20.2 Å². The topological polar surface area (TPSA) is 96.1 Å². The lowest BCUT2D eigenvalue weighted by Gasteiger charge is -2.18. The number of hydrogen-bond acceptors (Lipinski definition) is 7. The van der Waals surface area contributed by atoms with Crippen LogP contribution in [0.4, 0.5) is 24.9 Å². The van der Waals surface area contributed by atoms with Crippen molar-refractivity contribution in [3.63, 3.8) is 0 Å². The third kappa shape index (κ3) is 5.55. The Labute approximate surface area is 200 Å².